The van der Waals surface area contributed by atoms with Gasteiger partial charge in [-0.15, -0.1) is 0 Å². The summed E-state index contributed by atoms with van der Waals surface area (Å²) in [6, 6.07) is 1.42. The Balaban J connectivity index is 2.54. The van der Waals surface area contributed by atoms with Crippen LogP contribution in [0, 0.1) is 6.92 Å². The maximum Gasteiger partial charge on any atom is 0.251 e. The molecule has 4 N–H and O–H groups in total. The zero-order chi connectivity index (χ0) is 11.3. The summed E-state index contributed by atoms with van der Waals surface area (Å²) in [5.74, 6) is 0.764. The number of aryl methyl sites for hydroxylation is 1. The smallest absolute Gasteiger partial charge is 0.251 e. The third-order valence-corrected chi connectivity index (χ3v) is 2.45. The van der Waals surface area contributed by atoms with Gasteiger partial charge in [0.15, 0.2) is 5.16 Å². The Labute approximate surface area is 90.6 Å². The average Bonchev–Trinajstić information content (AvgIpc) is 2.16. The van der Waals surface area contributed by atoms with Crippen LogP contribution in [0.1, 0.15) is 12.1 Å². The lowest BCUT2D eigenvalue weighted by Gasteiger charge is -2.00. The van der Waals surface area contributed by atoms with E-state index in [1.54, 1.807) is 6.92 Å². The van der Waals surface area contributed by atoms with Crippen LogP contribution in [0.5, 0.6) is 0 Å². The van der Waals surface area contributed by atoms with Crippen molar-refractivity contribution < 1.29 is 5.21 Å². The fraction of sp³-hybridized carbons (Fsp3) is 0.375. The van der Waals surface area contributed by atoms with Crippen molar-refractivity contribution in [2.75, 3.05) is 5.75 Å². The Morgan fingerprint density at radius 2 is 2.53 bits per heavy atom. The molecule has 1 aromatic heterocycles. The maximum absolute atomic E-state index is 11.1. The van der Waals surface area contributed by atoms with E-state index in [0.717, 1.165) is 0 Å². The highest BCUT2D eigenvalue weighted by atomic mass is 32.2. The maximum atomic E-state index is 11.1. The van der Waals surface area contributed by atoms with Gasteiger partial charge in [-0.2, -0.15) is 0 Å². The second kappa shape index (κ2) is 5.40. The topological polar surface area (TPSA) is 104 Å². The number of H-pyrrole nitrogens is 1. The van der Waals surface area contributed by atoms with E-state index in [2.05, 4.69) is 15.1 Å². The third-order valence-electron chi connectivity index (χ3n) is 1.57. The lowest BCUT2D eigenvalue weighted by molar-refractivity contribution is 0.317. The van der Waals surface area contributed by atoms with E-state index >= 15 is 0 Å². The molecule has 0 bridgehead atoms. The van der Waals surface area contributed by atoms with E-state index in [9.17, 15) is 4.79 Å². The quantitative estimate of drug-likeness (QED) is 0.172. The molecule has 0 radical (unpaired) electrons. The number of nitrogens with zero attached hydrogens (tertiary/aromatic N) is 2. The van der Waals surface area contributed by atoms with Gasteiger partial charge < -0.3 is 15.9 Å². The number of nitrogens with two attached hydrogens (primary N) is 1. The largest absolute Gasteiger partial charge is 0.409 e. The highest BCUT2D eigenvalue weighted by molar-refractivity contribution is 7.99. The first kappa shape index (κ1) is 11.6. The van der Waals surface area contributed by atoms with Crippen molar-refractivity contribution in [3.63, 3.8) is 0 Å². The summed E-state index contributed by atoms with van der Waals surface area (Å²) in [4.78, 5) is 17.8. The van der Waals surface area contributed by atoms with Crippen molar-refractivity contribution >= 4 is 17.6 Å². The van der Waals surface area contributed by atoms with E-state index in [1.807, 2.05) is 0 Å². The van der Waals surface area contributed by atoms with E-state index in [4.69, 9.17) is 10.9 Å². The SMILES string of the molecule is Cc1cc(=O)[nH]c(SCC/C(N)=N/O)n1. The zero-order valence-corrected chi connectivity index (χ0v) is 9.04. The highest BCUT2D eigenvalue weighted by Crippen LogP contribution is 2.11. The van der Waals surface area contributed by atoms with Crippen LogP contribution in [0.15, 0.2) is 21.2 Å². The minimum Gasteiger partial charge on any atom is -0.409 e. The Morgan fingerprint density at radius 1 is 1.80 bits per heavy atom. The summed E-state index contributed by atoms with van der Waals surface area (Å²) in [5.41, 5.74) is 5.79. The van der Waals surface area contributed by atoms with E-state index in [0.29, 0.717) is 23.0 Å². The summed E-state index contributed by atoms with van der Waals surface area (Å²) < 4.78 is 0. The number of nitrogens with one attached hydrogen (secondary N) is 1. The van der Waals surface area contributed by atoms with Gasteiger partial charge >= 0.3 is 0 Å². The molecular weight excluding hydrogens is 216 g/mol. The summed E-state index contributed by atoms with van der Waals surface area (Å²) in [7, 11) is 0. The second-order valence-corrected chi connectivity index (χ2v) is 3.97. The molecule has 1 heterocycles. The van der Waals surface area contributed by atoms with Gasteiger partial charge in [0.2, 0.25) is 0 Å². The molecule has 1 rings (SSSR count). The molecule has 0 saturated carbocycles. The molecule has 82 valence electrons. The van der Waals surface area contributed by atoms with Gasteiger partial charge in [0.05, 0.1) is 0 Å². The molecule has 0 aliphatic heterocycles. The Hall–Kier alpha value is -1.50. The van der Waals surface area contributed by atoms with Crippen molar-refractivity contribution in [2.45, 2.75) is 18.5 Å². The van der Waals surface area contributed by atoms with Crippen LogP contribution in [0.4, 0.5) is 0 Å². The van der Waals surface area contributed by atoms with Crippen molar-refractivity contribution in [1.82, 2.24) is 9.97 Å². The number of aromatic nitrogens is 2. The van der Waals surface area contributed by atoms with Crippen LogP contribution >= 0.6 is 11.8 Å². The van der Waals surface area contributed by atoms with Crippen LogP contribution in [-0.4, -0.2) is 26.8 Å². The van der Waals surface area contributed by atoms with Gasteiger partial charge in [-0.25, -0.2) is 4.98 Å². The van der Waals surface area contributed by atoms with Crippen LogP contribution in [0.2, 0.25) is 0 Å². The van der Waals surface area contributed by atoms with Crippen LogP contribution < -0.4 is 11.3 Å². The zero-order valence-electron chi connectivity index (χ0n) is 8.23. The summed E-state index contributed by atoms with van der Waals surface area (Å²) in [6.45, 7) is 1.75. The first-order valence-electron chi connectivity index (χ1n) is 4.29. The third kappa shape index (κ3) is 4.03. The first-order valence-corrected chi connectivity index (χ1v) is 5.27. The molecule has 0 spiro atoms. The van der Waals surface area contributed by atoms with E-state index in [1.165, 1.54) is 17.8 Å². The standard InChI is InChI=1S/C8H12N4O2S/c1-5-4-7(13)11-8(10-5)15-3-2-6(9)12-14/h4,14H,2-3H2,1H3,(H2,9,12)(H,10,11,13). The monoisotopic (exact) mass is 228 g/mol. The molecule has 1 aromatic rings. The number of aromatic amines is 1. The molecule has 0 aliphatic carbocycles. The Morgan fingerprint density at radius 3 is 3.13 bits per heavy atom. The molecule has 0 aromatic carbocycles. The minimum atomic E-state index is -0.172. The molecule has 0 atom stereocenters. The summed E-state index contributed by atoms with van der Waals surface area (Å²) in [5, 5.41) is 11.7. The number of oxime groups is 1. The number of rotatable bonds is 4. The van der Waals surface area contributed by atoms with Crippen molar-refractivity contribution in [2.24, 2.45) is 10.9 Å². The fourth-order valence-corrected chi connectivity index (χ4v) is 1.81. The Kier molecular flexibility index (Phi) is 4.17. The van der Waals surface area contributed by atoms with Crippen molar-refractivity contribution in [3.8, 4) is 0 Å². The molecule has 7 heteroatoms. The first-order chi connectivity index (χ1) is 7.11. The van der Waals surface area contributed by atoms with E-state index < -0.39 is 0 Å². The predicted octanol–water partition coefficient (Wildman–Crippen LogP) is 0.307. The normalized spacial score (nSPS) is 11.7. The van der Waals surface area contributed by atoms with Crippen LogP contribution in [0.3, 0.4) is 0 Å². The molecule has 6 nitrogen and oxygen atoms in total. The van der Waals surface area contributed by atoms with E-state index in [-0.39, 0.29) is 11.4 Å². The van der Waals surface area contributed by atoms with Gasteiger partial charge in [-0.3, -0.25) is 4.79 Å². The molecule has 0 saturated heterocycles. The van der Waals surface area contributed by atoms with Crippen LogP contribution in [0.25, 0.3) is 0 Å². The molecule has 0 aliphatic rings. The van der Waals surface area contributed by atoms with Crippen LogP contribution in [-0.2, 0) is 0 Å². The minimum absolute atomic E-state index is 0.164. The van der Waals surface area contributed by atoms with Crippen molar-refractivity contribution in [3.05, 3.63) is 22.1 Å². The summed E-state index contributed by atoms with van der Waals surface area (Å²) >= 11 is 1.35. The van der Waals surface area contributed by atoms with Gasteiger partial charge in [0, 0.05) is 23.9 Å². The number of hydrogen-bond donors (Lipinski definition) is 3. The average molecular weight is 228 g/mol. The van der Waals surface area contributed by atoms with Gasteiger partial charge in [0.1, 0.15) is 5.84 Å². The lowest BCUT2D eigenvalue weighted by atomic mass is 10.5. The molecular formula is C8H12N4O2S. The molecule has 0 unspecified atom stereocenters. The summed E-state index contributed by atoms with van der Waals surface area (Å²) in [6.07, 6.45) is 0.443. The lowest BCUT2D eigenvalue weighted by Crippen LogP contribution is -2.13. The van der Waals surface area contributed by atoms with Gasteiger partial charge in [-0.1, -0.05) is 16.9 Å². The molecule has 0 fully saturated rings. The van der Waals surface area contributed by atoms with Crippen molar-refractivity contribution in [1.29, 1.82) is 0 Å². The molecule has 15 heavy (non-hydrogen) atoms. The Bertz CT molecular complexity index is 415. The van der Waals surface area contributed by atoms with Gasteiger partial charge in [-0.05, 0) is 6.92 Å². The fourth-order valence-electron chi connectivity index (χ4n) is 0.922. The number of hydrogen-bond acceptors (Lipinski definition) is 5. The number of amidine groups is 1. The second-order valence-electron chi connectivity index (χ2n) is 2.88. The predicted molar refractivity (Wildman–Crippen MR) is 58.3 cm³/mol. The van der Waals surface area contributed by atoms with Gasteiger partial charge in [0.25, 0.3) is 5.56 Å². The molecule has 0 amide bonds. The highest BCUT2D eigenvalue weighted by Gasteiger charge is 2.00. The number of thioether (sulfide) groups is 1.